The van der Waals surface area contributed by atoms with Crippen LogP contribution < -0.4 is 0 Å². The van der Waals surface area contributed by atoms with Gasteiger partial charge in [-0.15, -0.1) is 0 Å². The monoisotopic (exact) mass is 362 g/mol. The zero-order valence-corrected chi connectivity index (χ0v) is 14.7. The molecule has 0 radical (unpaired) electrons. The van der Waals surface area contributed by atoms with Crippen LogP contribution in [0.15, 0.2) is 36.4 Å². The number of carbonyl (C=O) groups is 3. The van der Waals surface area contributed by atoms with Crippen molar-refractivity contribution in [3.05, 3.63) is 47.5 Å². The predicted molar refractivity (Wildman–Crippen MR) is 91.8 cm³/mol. The van der Waals surface area contributed by atoms with Gasteiger partial charge < -0.3 is 18.9 Å². The molecule has 7 heteroatoms. The van der Waals surface area contributed by atoms with Gasteiger partial charge in [0.1, 0.15) is 12.7 Å². The number of epoxide rings is 1. The van der Waals surface area contributed by atoms with Crippen molar-refractivity contribution >= 4 is 17.9 Å². The molecule has 2 bridgehead atoms. The summed E-state index contributed by atoms with van der Waals surface area (Å²) in [6, 6.07) is 6.28. The van der Waals surface area contributed by atoms with Gasteiger partial charge in [-0.2, -0.15) is 0 Å². The van der Waals surface area contributed by atoms with Gasteiger partial charge >= 0.3 is 17.9 Å². The summed E-state index contributed by atoms with van der Waals surface area (Å²) in [6.07, 6.45) is 1.55. The molecular formula is C19H22O7. The highest BCUT2D eigenvalue weighted by atomic mass is 16.6. The van der Waals surface area contributed by atoms with E-state index in [0.717, 1.165) is 0 Å². The Hall–Kier alpha value is -2.67. The molecule has 3 aliphatic rings. The van der Waals surface area contributed by atoms with Crippen molar-refractivity contribution in [1.29, 1.82) is 0 Å². The van der Waals surface area contributed by atoms with Gasteiger partial charge in [0.25, 0.3) is 0 Å². The molecule has 1 aromatic carbocycles. The molecule has 1 saturated heterocycles. The fourth-order valence-electron chi connectivity index (χ4n) is 1.90. The normalized spacial score (nSPS) is 18.9. The Morgan fingerprint density at radius 2 is 1.54 bits per heavy atom. The van der Waals surface area contributed by atoms with E-state index in [1.807, 2.05) is 0 Å². The molecule has 0 N–H and O–H groups in total. The lowest BCUT2D eigenvalue weighted by Crippen LogP contribution is -2.12. The molecule has 0 amide bonds. The maximum absolute atomic E-state index is 11.5. The maximum Gasteiger partial charge on any atom is 0.338 e. The first-order valence-electron chi connectivity index (χ1n) is 8.36. The predicted octanol–water partition coefficient (Wildman–Crippen LogP) is 2.30. The Balaban J connectivity index is 0.000000209. The van der Waals surface area contributed by atoms with Crippen LogP contribution in [0.2, 0.25) is 0 Å². The van der Waals surface area contributed by atoms with Crippen LogP contribution in [0.1, 0.15) is 40.5 Å². The summed E-state index contributed by atoms with van der Waals surface area (Å²) in [4.78, 5) is 33.7. The highest BCUT2D eigenvalue weighted by molar-refractivity contribution is 5.93. The fourth-order valence-corrected chi connectivity index (χ4v) is 1.90. The van der Waals surface area contributed by atoms with Crippen molar-refractivity contribution in [2.45, 2.75) is 25.9 Å². The average molecular weight is 362 g/mol. The number of hydrogen-bond acceptors (Lipinski definition) is 7. The molecule has 3 heterocycles. The quantitative estimate of drug-likeness (QED) is 0.353. The smallest absolute Gasteiger partial charge is 0.338 e. The Labute approximate surface area is 151 Å². The zero-order chi connectivity index (χ0) is 18.9. The van der Waals surface area contributed by atoms with E-state index in [4.69, 9.17) is 18.9 Å². The molecule has 0 saturated carbocycles. The molecule has 0 aliphatic carbocycles. The van der Waals surface area contributed by atoms with Crippen molar-refractivity contribution in [3.8, 4) is 0 Å². The number of benzene rings is 1. The highest BCUT2D eigenvalue weighted by Crippen LogP contribution is 2.10. The molecule has 140 valence electrons. The molecule has 1 unspecified atom stereocenters. The Morgan fingerprint density at radius 3 is 1.92 bits per heavy atom. The summed E-state index contributed by atoms with van der Waals surface area (Å²) in [5.74, 6) is -1.03. The molecule has 0 spiro atoms. The molecule has 1 atom stereocenters. The lowest BCUT2D eigenvalue weighted by Gasteiger charge is -2.09. The summed E-state index contributed by atoms with van der Waals surface area (Å²) >= 11 is 0. The number of ether oxygens (including phenoxy) is 4. The topological polar surface area (TPSA) is 91.4 Å². The summed E-state index contributed by atoms with van der Waals surface area (Å²) in [5, 5.41) is 0. The number of fused-ring (bicyclic) bond motifs is 9. The maximum atomic E-state index is 11.5. The van der Waals surface area contributed by atoms with E-state index in [-0.39, 0.29) is 24.0 Å². The van der Waals surface area contributed by atoms with Crippen LogP contribution >= 0.6 is 0 Å². The largest absolute Gasteiger partial charge is 0.462 e. The summed E-state index contributed by atoms with van der Waals surface area (Å²) in [6.45, 7) is 6.86. The van der Waals surface area contributed by atoms with Crippen LogP contribution in [-0.2, 0) is 23.7 Å². The minimum absolute atomic E-state index is 0.142. The van der Waals surface area contributed by atoms with Crippen LogP contribution in [0.4, 0.5) is 0 Å². The van der Waals surface area contributed by atoms with Gasteiger partial charge in [-0.25, -0.2) is 14.4 Å². The van der Waals surface area contributed by atoms with E-state index in [9.17, 15) is 14.4 Å². The SMILES string of the molecule is C=C(C)C(=O)OCC1CO1.O=C1OCCCCOC(=O)c2ccc1cc2. The minimum Gasteiger partial charge on any atom is -0.462 e. The summed E-state index contributed by atoms with van der Waals surface area (Å²) < 4.78 is 19.7. The molecule has 26 heavy (non-hydrogen) atoms. The first-order chi connectivity index (χ1) is 12.5. The van der Waals surface area contributed by atoms with Gasteiger partial charge in [0.2, 0.25) is 0 Å². The van der Waals surface area contributed by atoms with Crippen LogP contribution in [0.25, 0.3) is 0 Å². The highest BCUT2D eigenvalue weighted by Gasteiger charge is 2.24. The number of rotatable bonds is 3. The summed E-state index contributed by atoms with van der Waals surface area (Å²) in [5.41, 5.74) is 1.34. The third-order valence-electron chi connectivity index (χ3n) is 3.51. The van der Waals surface area contributed by atoms with Crippen molar-refractivity contribution in [3.63, 3.8) is 0 Å². The molecule has 7 nitrogen and oxygen atoms in total. The van der Waals surface area contributed by atoms with Gasteiger partial charge in [-0.3, -0.25) is 0 Å². The second kappa shape index (κ2) is 9.72. The molecule has 0 aromatic heterocycles. The van der Waals surface area contributed by atoms with Gasteiger partial charge in [0.15, 0.2) is 0 Å². The van der Waals surface area contributed by atoms with Crippen molar-refractivity contribution in [2.75, 3.05) is 26.4 Å². The lowest BCUT2D eigenvalue weighted by molar-refractivity contribution is -0.139. The molecule has 1 aromatic rings. The van der Waals surface area contributed by atoms with Crippen LogP contribution in [0.3, 0.4) is 0 Å². The van der Waals surface area contributed by atoms with Crippen LogP contribution in [0, 0.1) is 0 Å². The van der Waals surface area contributed by atoms with E-state index in [1.54, 1.807) is 31.2 Å². The molecular weight excluding hydrogens is 340 g/mol. The van der Waals surface area contributed by atoms with Crippen molar-refractivity contribution in [1.82, 2.24) is 0 Å². The Morgan fingerprint density at radius 1 is 1.08 bits per heavy atom. The van der Waals surface area contributed by atoms with Gasteiger partial charge in [0.05, 0.1) is 30.9 Å². The van der Waals surface area contributed by atoms with Gasteiger partial charge in [-0.1, -0.05) is 6.58 Å². The van der Waals surface area contributed by atoms with E-state index in [0.29, 0.717) is 56.0 Å². The van der Waals surface area contributed by atoms with Crippen LogP contribution in [0.5, 0.6) is 0 Å². The molecule has 1 fully saturated rings. The first kappa shape index (κ1) is 19.7. The van der Waals surface area contributed by atoms with E-state index in [1.165, 1.54) is 0 Å². The first-order valence-corrected chi connectivity index (χ1v) is 8.36. The third-order valence-corrected chi connectivity index (χ3v) is 3.51. The van der Waals surface area contributed by atoms with Gasteiger partial charge in [-0.05, 0) is 44.0 Å². The standard InChI is InChI=1S/C12H12O4.C7H10O3/c13-11-9-3-5-10(6-4-9)12(14)16-8-2-1-7-15-11;1-5(2)7(8)10-4-6-3-9-6/h3-6H,1-2,7-8H2;6H,1,3-4H2,2H3. The number of esters is 3. The van der Waals surface area contributed by atoms with Crippen LogP contribution in [-0.4, -0.2) is 50.4 Å². The van der Waals surface area contributed by atoms with E-state index >= 15 is 0 Å². The Bertz CT molecular complexity index is 620. The summed E-state index contributed by atoms with van der Waals surface area (Å²) in [7, 11) is 0. The molecule has 4 rings (SSSR count). The number of carbonyl (C=O) groups excluding carboxylic acids is 3. The van der Waals surface area contributed by atoms with E-state index < -0.39 is 0 Å². The second-order valence-corrected chi connectivity index (χ2v) is 5.89. The van der Waals surface area contributed by atoms with Gasteiger partial charge in [0, 0.05) is 5.57 Å². The average Bonchev–Trinajstić information content (AvgIpc) is 3.46. The minimum atomic E-state index is -0.347. The lowest BCUT2D eigenvalue weighted by atomic mass is 10.1. The molecule has 3 aliphatic heterocycles. The Kier molecular flexibility index (Phi) is 7.35. The zero-order valence-electron chi connectivity index (χ0n) is 14.7. The number of hydrogen-bond donors (Lipinski definition) is 0. The van der Waals surface area contributed by atoms with E-state index in [2.05, 4.69) is 6.58 Å². The van der Waals surface area contributed by atoms with Crippen molar-refractivity contribution in [2.24, 2.45) is 0 Å². The third kappa shape index (κ3) is 6.68. The second-order valence-electron chi connectivity index (χ2n) is 5.89. The fraction of sp³-hybridized carbons (Fsp3) is 0.421. The van der Waals surface area contributed by atoms with Crippen molar-refractivity contribution < 1.29 is 33.3 Å².